The molecule has 0 spiro atoms. The number of halogens is 2. The van der Waals surface area contributed by atoms with E-state index in [1.54, 1.807) is 30.3 Å². The highest BCUT2D eigenvalue weighted by Gasteiger charge is 2.28. The zero-order chi connectivity index (χ0) is 28.8. The highest BCUT2D eigenvalue weighted by Crippen LogP contribution is 2.27. The van der Waals surface area contributed by atoms with Crippen LogP contribution >= 0.6 is 23.2 Å². The van der Waals surface area contributed by atoms with Crippen LogP contribution in [0, 0.1) is 0 Å². The Kier molecular flexibility index (Phi) is 9.96. The quantitative estimate of drug-likeness (QED) is 0.313. The van der Waals surface area contributed by atoms with Crippen LogP contribution in [0.25, 0.3) is 0 Å². The Morgan fingerprint density at radius 2 is 1.50 bits per heavy atom. The number of hydrogen-bond donors (Lipinski definition) is 1. The summed E-state index contributed by atoms with van der Waals surface area (Å²) in [7, 11) is -7.64. The number of piperidine rings is 1. The molecule has 0 aliphatic carbocycles. The van der Waals surface area contributed by atoms with E-state index in [-0.39, 0.29) is 28.6 Å². The molecule has 1 aliphatic rings. The summed E-state index contributed by atoms with van der Waals surface area (Å²) >= 11 is 12.0. The maximum Gasteiger partial charge on any atom is 0.264 e. The number of rotatable bonds is 11. The minimum atomic E-state index is -4.11. The van der Waals surface area contributed by atoms with Gasteiger partial charge in [-0.1, -0.05) is 35.7 Å². The number of carbonyl (C=O) groups is 1. The highest BCUT2D eigenvalue weighted by atomic mass is 35.5. The van der Waals surface area contributed by atoms with Crippen molar-refractivity contribution in [1.82, 2.24) is 9.62 Å². The van der Waals surface area contributed by atoms with E-state index in [2.05, 4.69) is 5.32 Å². The van der Waals surface area contributed by atoms with E-state index in [0.29, 0.717) is 28.9 Å². The van der Waals surface area contributed by atoms with Gasteiger partial charge in [0, 0.05) is 23.1 Å². The third kappa shape index (κ3) is 7.46. The van der Waals surface area contributed by atoms with Crippen LogP contribution in [-0.2, 0) is 24.8 Å². The zero-order valence-electron chi connectivity index (χ0n) is 21.5. The minimum absolute atomic E-state index is 0.0289. The molecule has 0 atom stereocenters. The average molecular weight is 627 g/mol. The fourth-order valence-corrected chi connectivity index (χ4v) is 7.43. The predicted octanol–water partition coefficient (Wildman–Crippen LogP) is 4.56. The topological polar surface area (TPSA) is 113 Å². The van der Waals surface area contributed by atoms with Crippen LogP contribution in [0.2, 0.25) is 10.0 Å². The number of carbonyl (C=O) groups excluding carboxylic acids is 1. The van der Waals surface area contributed by atoms with Gasteiger partial charge >= 0.3 is 0 Å². The lowest BCUT2D eigenvalue weighted by molar-refractivity contribution is -0.119. The normalized spacial score (nSPS) is 14.4. The first-order valence-electron chi connectivity index (χ1n) is 12.6. The second-order valence-corrected chi connectivity index (χ2v) is 13.8. The second kappa shape index (κ2) is 13.2. The maximum absolute atomic E-state index is 13.4. The van der Waals surface area contributed by atoms with E-state index in [0.717, 1.165) is 23.6 Å². The summed E-state index contributed by atoms with van der Waals surface area (Å²) < 4.78 is 60.5. The van der Waals surface area contributed by atoms with Crippen molar-refractivity contribution in [3.05, 3.63) is 82.8 Å². The summed E-state index contributed by atoms with van der Waals surface area (Å²) in [4.78, 5) is 12.9. The molecular formula is C27H29Cl2N3O6S2. The van der Waals surface area contributed by atoms with E-state index < -0.39 is 32.5 Å². The molecule has 4 rings (SSSR count). The van der Waals surface area contributed by atoms with Crippen LogP contribution < -0.4 is 14.4 Å². The van der Waals surface area contributed by atoms with Crippen molar-refractivity contribution in [3.8, 4) is 5.75 Å². The molecule has 0 unspecified atom stereocenters. The highest BCUT2D eigenvalue weighted by molar-refractivity contribution is 7.92. The Balaban J connectivity index is 1.35. The number of anilines is 1. The van der Waals surface area contributed by atoms with E-state index >= 15 is 0 Å². The molecule has 0 bridgehead atoms. The van der Waals surface area contributed by atoms with E-state index in [4.69, 9.17) is 27.9 Å². The Bertz CT molecular complexity index is 1530. The number of amides is 1. The molecule has 1 heterocycles. The van der Waals surface area contributed by atoms with Gasteiger partial charge in [0.15, 0.2) is 0 Å². The van der Waals surface area contributed by atoms with Gasteiger partial charge in [-0.2, -0.15) is 4.31 Å². The SMILES string of the molecule is O=C(CN(c1cccc(Cl)c1)S(=O)(=O)c1ccc(Cl)cc1)NCCOc1ccc(S(=O)(=O)N2CCCCC2)cc1. The first kappa shape index (κ1) is 30.1. The third-order valence-electron chi connectivity index (χ3n) is 6.25. The molecule has 1 amide bonds. The lowest BCUT2D eigenvalue weighted by atomic mass is 10.2. The number of nitrogens with zero attached hydrogens (tertiary/aromatic N) is 2. The van der Waals surface area contributed by atoms with Gasteiger partial charge in [0.25, 0.3) is 10.0 Å². The Morgan fingerprint density at radius 3 is 2.15 bits per heavy atom. The molecule has 3 aromatic rings. The van der Waals surface area contributed by atoms with Crippen LogP contribution in [0.5, 0.6) is 5.75 Å². The Morgan fingerprint density at radius 1 is 0.850 bits per heavy atom. The van der Waals surface area contributed by atoms with Crippen molar-refractivity contribution in [3.63, 3.8) is 0 Å². The molecule has 1 N–H and O–H groups in total. The fourth-order valence-electron chi connectivity index (χ4n) is 4.19. The van der Waals surface area contributed by atoms with Crippen LogP contribution in [0.15, 0.2) is 82.6 Å². The van der Waals surface area contributed by atoms with E-state index in [9.17, 15) is 21.6 Å². The number of sulfonamides is 2. The van der Waals surface area contributed by atoms with Crippen molar-refractivity contribution in [2.75, 3.05) is 37.1 Å². The smallest absolute Gasteiger partial charge is 0.264 e. The minimum Gasteiger partial charge on any atom is -0.492 e. The summed E-state index contributed by atoms with van der Waals surface area (Å²) in [6.07, 6.45) is 2.75. The summed E-state index contributed by atoms with van der Waals surface area (Å²) in [5, 5.41) is 3.35. The number of ether oxygens (including phenoxy) is 1. The Hall–Kier alpha value is -2.83. The van der Waals surface area contributed by atoms with Crippen molar-refractivity contribution in [1.29, 1.82) is 0 Å². The van der Waals surface area contributed by atoms with Gasteiger partial charge in [0.2, 0.25) is 15.9 Å². The van der Waals surface area contributed by atoms with Crippen LogP contribution in [0.4, 0.5) is 5.69 Å². The predicted molar refractivity (Wildman–Crippen MR) is 155 cm³/mol. The second-order valence-electron chi connectivity index (χ2n) is 9.08. The van der Waals surface area contributed by atoms with Crippen LogP contribution in [0.1, 0.15) is 19.3 Å². The zero-order valence-corrected chi connectivity index (χ0v) is 24.6. The maximum atomic E-state index is 13.4. The third-order valence-corrected chi connectivity index (χ3v) is 10.4. The summed E-state index contributed by atoms with van der Waals surface area (Å²) in [6.45, 7) is 0.739. The summed E-state index contributed by atoms with van der Waals surface area (Å²) in [5.74, 6) is -0.109. The number of hydrogen-bond acceptors (Lipinski definition) is 6. The largest absolute Gasteiger partial charge is 0.492 e. The van der Waals surface area contributed by atoms with Gasteiger partial charge in [-0.3, -0.25) is 9.10 Å². The van der Waals surface area contributed by atoms with Gasteiger partial charge in [0.05, 0.1) is 22.0 Å². The molecule has 1 aliphatic heterocycles. The Labute approximate surface area is 244 Å². The molecular weight excluding hydrogens is 597 g/mol. The molecule has 1 saturated heterocycles. The molecule has 1 fully saturated rings. The summed E-state index contributed by atoms with van der Waals surface area (Å²) in [5.41, 5.74) is 0.230. The molecule has 0 aromatic heterocycles. The number of nitrogens with one attached hydrogen (secondary N) is 1. The average Bonchev–Trinajstić information content (AvgIpc) is 2.95. The fraction of sp³-hybridized carbons (Fsp3) is 0.296. The van der Waals surface area contributed by atoms with Crippen LogP contribution in [0.3, 0.4) is 0 Å². The molecule has 0 radical (unpaired) electrons. The molecule has 9 nitrogen and oxygen atoms in total. The van der Waals surface area contributed by atoms with E-state index in [1.165, 1.54) is 46.8 Å². The van der Waals surface area contributed by atoms with Crippen molar-refractivity contribution in [2.45, 2.75) is 29.1 Å². The van der Waals surface area contributed by atoms with Crippen molar-refractivity contribution in [2.24, 2.45) is 0 Å². The van der Waals surface area contributed by atoms with Crippen LogP contribution in [-0.4, -0.2) is 59.8 Å². The molecule has 0 saturated carbocycles. The van der Waals surface area contributed by atoms with Gasteiger partial charge in [0.1, 0.15) is 18.9 Å². The van der Waals surface area contributed by atoms with E-state index in [1.807, 2.05) is 0 Å². The monoisotopic (exact) mass is 625 g/mol. The summed E-state index contributed by atoms with van der Waals surface area (Å²) in [6, 6.07) is 18.0. The van der Waals surface area contributed by atoms with Gasteiger partial charge in [-0.25, -0.2) is 16.8 Å². The first-order valence-corrected chi connectivity index (χ1v) is 16.2. The van der Waals surface area contributed by atoms with Gasteiger partial charge < -0.3 is 10.1 Å². The van der Waals surface area contributed by atoms with Gasteiger partial charge in [-0.05, 0) is 79.6 Å². The standard InChI is InChI=1S/C27H29Cl2N3O6S2/c28-21-7-11-26(12-8-21)40(36,37)32(23-6-4-5-22(29)19-23)20-27(33)30-15-18-38-24-9-13-25(14-10-24)39(34,35)31-16-2-1-3-17-31/h4-14,19H,1-3,15-18,20H2,(H,30,33). The molecule has 40 heavy (non-hydrogen) atoms. The molecule has 214 valence electrons. The lowest BCUT2D eigenvalue weighted by Crippen LogP contribution is -2.41. The molecule has 3 aromatic carbocycles. The molecule has 13 heteroatoms. The van der Waals surface area contributed by atoms with Crippen molar-refractivity contribution < 1.29 is 26.4 Å². The number of benzene rings is 3. The first-order chi connectivity index (χ1) is 19.1. The lowest BCUT2D eigenvalue weighted by Gasteiger charge is -2.25. The van der Waals surface area contributed by atoms with Gasteiger partial charge in [-0.15, -0.1) is 0 Å². The van der Waals surface area contributed by atoms with Crippen molar-refractivity contribution >= 4 is 54.8 Å².